The van der Waals surface area contributed by atoms with E-state index < -0.39 is 5.60 Å². The number of ether oxygens (including phenoxy) is 2. The zero-order valence-electron chi connectivity index (χ0n) is 19.2. The Bertz CT molecular complexity index is 672. The minimum atomic E-state index is -0.542. The van der Waals surface area contributed by atoms with Crippen LogP contribution in [0, 0.1) is 0 Å². The van der Waals surface area contributed by atoms with Crippen LogP contribution in [0.4, 0.5) is 4.79 Å². The number of nitrogens with zero attached hydrogens (tertiary/aromatic N) is 2. The molecule has 0 aliphatic carbocycles. The summed E-state index contributed by atoms with van der Waals surface area (Å²) in [5, 5.41) is 0. The van der Waals surface area contributed by atoms with E-state index in [-0.39, 0.29) is 24.1 Å². The molecular formula is C24H38N2O4. The van der Waals surface area contributed by atoms with E-state index in [2.05, 4.69) is 24.0 Å². The molecule has 1 saturated heterocycles. The van der Waals surface area contributed by atoms with Gasteiger partial charge in [-0.1, -0.05) is 50.1 Å². The fourth-order valence-electron chi connectivity index (χ4n) is 3.87. The fraction of sp³-hybridized carbons (Fsp3) is 0.667. The number of carbonyl (C=O) groups is 2. The minimum Gasteiger partial charge on any atom is -0.465 e. The molecule has 0 aromatic heterocycles. The van der Waals surface area contributed by atoms with Gasteiger partial charge in [0.25, 0.3) is 0 Å². The highest BCUT2D eigenvalue weighted by molar-refractivity contribution is 5.76. The van der Waals surface area contributed by atoms with Crippen molar-refractivity contribution in [3.05, 3.63) is 35.9 Å². The van der Waals surface area contributed by atoms with Crippen molar-refractivity contribution in [2.45, 2.75) is 78.0 Å². The van der Waals surface area contributed by atoms with Crippen LogP contribution < -0.4 is 0 Å². The Morgan fingerprint density at radius 1 is 1.13 bits per heavy atom. The number of piperazine rings is 1. The van der Waals surface area contributed by atoms with Crippen LogP contribution in [0.5, 0.6) is 0 Å². The predicted molar refractivity (Wildman–Crippen MR) is 118 cm³/mol. The molecule has 0 saturated carbocycles. The summed E-state index contributed by atoms with van der Waals surface area (Å²) in [6.45, 7) is 11.8. The van der Waals surface area contributed by atoms with Gasteiger partial charge >= 0.3 is 12.1 Å². The van der Waals surface area contributed by atoms with Gasteiger partial charge in [0.15, 0.2) is 0 Å². The molecule has 2 atom stereocenters. The van der Waals surface area contributed by atoms with Gasteiger partial charge in [0, 0.05) is 19.6 Å². The summed E-state index contributed by atoms with van der Waals surface area (Å²) in [6.07, 6.45) is 3.21. The monoisotopic (exact) mass is 418 g/mol. The second-order valence-corrected chi connectivity index (χ2v) is 8.92. The Kier molecular flexibility index (Phi) is 9.15. The third-order valence-corrected chi connectivity index (χ3v) is 5.29. The lowest BCUT2D eigenvalue weighted by Crippen LogP contribution is -2.60. The molecule has 2 rings (SSSR count). The van der Waals surface area contributed by atoms with Gasteiger partial charge in [-0.15, -0.1) is 0 Å². The second-order valence-electron chi connectivity index (χ2n) is 8.92. The molecule has 1 amide bonds. The molecule has 6 heteroatoms. The zero-order valence-corrected chi connectivity index (χ0v) is 19.2. The first-order valence-corrected chi connectivity index (χ1v) is 11.2. The van der Waals surface area contributed by atoms with Gasteiger partial charge in [-0.25, -0.2) is 4.79 Å². The Morgan fingerprint density at radius 3 is 2.43 bits per heavy atom. The third-order valence-electron chi connectivity index (χ3n) is 5.29. The molecule has 0 N–H and O–H groups in total. The lowest BCUT2D eigenvalue weighted by Gasteiger charge is -2.44. The van der Waals surface area contributed by atoms with Crippen molar-refractivity contribution in [2.75, 3.05) is 26.2 Å². The van der Waals surface area contributed by atoms with Crippen molar-refractivity contribution in [1.29, 1.82) is 0 Å². The summed E-state index contributed by atoms with van der Waals surface area (Å²) in [6, 6.07) is 9.84. The van der Waals surface area contributed by atoms with E-state index in [1.807, 2.05) is 50.8 Å². The lowest BCUT2D eigenvalue weighted by atomic mass is 9.99. The molecule has 168 valence electrons. The number of esters is 1. The average molecular weight is 419 g/mol. The Hall–Kier alpha value is -2.08. The van der Waals surface area contributed by atoms with Crippen molar-refractivity contribution >= 4 is 12.1 Å². The molecule has 1 unspecified atom stereocenters. The summed E-state index contributed by atoms with van der Waals surface area (Å²) in [7, 11) is 0. The van der Waals surface area contributed by atoms with Crippen molar-refractivity contribution in [2.24, 2.45) is 0 Å². The molecule has 1 aromatic rings. The van der Waals surface area contributed by atoms with Crippen LogP contribution in [0.2, 0.25) is 0 Å². The Labute approximate surface area is 181 Å². The summed E-state index contributed by atoms with van der Waals surface area (Å²) in [5.74, 6) is -0.157. The molecule has 0 radical (unpaired) electrons. The van der Waals surface area contributed by atoms with E-state index in [1.165, 1.54) is 5.56 Å². The fourth-order valence-corrected chi connectivity index (χ4v) is 3.87. The van der Waals surface area contributed by atoms with E-state index in [0.717, 1.165) is 25.7 Å². The summed E-state index contributed by atoms with van der Waals surface area (Å²) >= 11 is 0. The minimum absolute atomic E-state index is 0.0606. The quantitative estimate of drug-likeness (QED) is 0.590. The third kappa shape index (κ3) is 7.31. The van der Waals surface area contributed by atoms with Crippen LogP contribution in [0.25, 0.3) is 0 Å². The Balaban J connectivity index is 2.21. The maximum absolute atomic E-state index is 12.9. The highest BCUT2D eigenvalue weighted by Crippen LogP contribution is 2.22. The second kappa shape index (κ2) is 11.3. The number of carbonyl (C=O) groups excluding carboxylic acids is 2. The van der Waals surface area contributed by atoms with Gasteiger partial charge < -0.3 is 14.4 Å². The molecule has 1 aliphatic heterocycles. The maximum Gasteiger partial charge on any atom is 0.410 e. The lowest BCUT2D eigenvalue weighted by molar-refractivity contribution is -0.151. The molecule has 6 nitrogen and oxygen atoms in total. The summed E-state index contributed by atoms with van der Waals surface area (Å²) < 4.78 is 11.0. The summed E-state index contributed by atoms with van der Waals surface area (Å²) in [5.41, 5.74) is 0.624. The van der Waals surface area contributed by atoms with Gasteiger partial charge in [-0.2, -0.15) is 0 Å². The van der Waals surface area contributed by atoms with Crippen LogP contribution in [-0.2, 0) is 20.7 Å². The van der Waals surface area contributed by atoms with Crippen LogP contribution in [0.1, 0.15) is 59.4 Å². The zero-order chi connectivity index (χ0) is 22.1. The van der Waals surface area contributed by atoms with Crippen LogP contribution in [0.15, 0.2) is 30.3 Å². The Morgan fingerprint density at radius 2 is 1.83 bits per heavy atom. The van der Waals surface area contributed by atoms with Crippen molar-refractivity contribution < 1.29 is 19.1 Å². The van der Waals surface area contributed by atoms with E-state index in [4.69, 9.17) is 9.47 Å². The van der Waals surface area contributed by atoms with Gasteiger partial charge in [0.2, 0.25) is 0 Å². The molecule has 0 bridgehead atoms. The number of hydrogen-bond acceptors (Lipinski definition) is 5. The first kappa shape index (κ1) is 24.2. The van der Waals surface area contributed by atoms with Crippen molar-refractivity contribution in [1.82, 2.24) is 9.80 Å². The van der Waals surface area contributed by atoms with E-state index in [1.54, 1.807) is 0 Å². The molecular weight excluding hydrogens is 380 g/mol. The first-order valence-electron chi connectivity index (χ1n) is 11.2. The van der Waals surface area contributed by atoms with E-state index in [0.29, 0.717) is 26.2 Å². The SMILES string of the molecule is CCCCC(C(=O)OCC)N1CCN(C(=O)OC(C)(C)C)[C@H](Cc2ccccc2)C1. The number of hydrogen-bond donors (Lipinski definition) is 0. The van der Waals surface area contributed by atoms with Gasteiger partial charge in [0.05, 0.1) is 12.6 Å². The largest absolute Gasteiger partial charge is 0.465 e. The highest BCUT2D eigenvalue weighted by atomic mass is 16.6. The van der Waals surface area contributed by atoms with Crippen LogP contribution in [0.3, 0.4) is 0 Å². The predicted octanol–water partition coefficient (Wildman–Crippen LogP) is 4.27. The van der Waals surface area contributed by atoms with Gasteiger partial charge in [-0.3, -0.25) is 9.69 Å². The standard InChI is InChI=1S/C24H38N2O4/c1-6-8-14-21(22(27)29-7-2)25-15-16-26(23(28)30-24(3,4)5)20(18-25)17-19-12-10-9-11-13-19/h9-13,20-21H,6-8,14-18H2,1-5H3/t20-,21?/m1/s1. The molecule has 1 fully saturated rings. The molecule has 30 heavy (non-hydrogen) atoms. The molecule has 0 spiro atoms. The number of amides is 1. The van der Waals surface area contributed by atoms with Gasteiger partial charge in [-0.05, 0) is 46.1 Å². The first-order chi connectivity index (χ1) is 14.2. The normalized spacial score (nSPS) is 18.7. The number of unbranched alkanes of at least 4 members (excludes halogenated alkanes) is 1. The van der Waals surface area contributed by atoms with Crippen LogP contribution >= 0.6 is 0 Å². The van der Waals surface area contributed by atoms with Crippen LogP contribution in [-0.4, -0.2) is 65.8 Å². The molecule has 1 aromatic carbocycles. The smallest absolute Gasteiger partial charge is 0.410 e. The summed E-state index contributed by atoms with van der Waals surface area (Å²) in [4.78, 5) is 29.6. The maximum atomic E-state index is 12.9. The van der Waals surface area contributed by atoms with Crippen molar-refractivity contribution in [3.8, 4) is 0 Å². The molecule has 1 heterocycles. The number of rotatable bonds is 8. The van der Waals surface area contributed by atoms with E-state index >= 15 is 0 Å². The van der Waals surface area contributed by atoms with E-state index in [9.17, 15) is 9.59 Å². The molecule has 1 aliphatic rings. The number of benzene rings is 1. The topological polar surface area (TPSA) is 59.1 Å². The average Bonchev–Trinajstić information content (AvgIpc) is 2.68. The highest BCUT2D eigenvalue weighted by Gasteiger charge is 2.37. The van der Waals surface area contributed by atoms with Crippen molar-refractivity contribution in [3.63, 3.8) is 0 Å². The van der Waals surface area contributed by atoms with Gasteiger partial charge in [0.1, 0.15) is 11.6 Å².